The Balaban J connectivity index is 2.63. The van der Waals surface area contributed by atoms with E-state index in [1.165, 1.54) is 4.90 Å². The van der Waals surface area contributed by atoms with Crippen LogP contribution in [0.5, 0.6) is 0 Å². The van der Waals surface area contributed by atoms with Gasteiger partial charge in [-0.3, -0.25) is 9.69 Å². The molecule has 94 valence electrons. The molecule has 1 fully saturated rings. The van der Waals surface area contributed by atoms with Crippen LogP contribution < -0.4 is 0 Å². The van der Waals surface area contributed by atoms with E-state index in [9.17, 15) is 20.1 Å². The number of hydrogen-bond donors (Lipinski definition) is 5. The van der Waals surface area contributed by atoms with E-state index >= 15 is 0 Å². The highest BCUT2D eigenvalue weighted by Crippen LogP contribution is 2.18. The van der Waals surface area contributed by atoms with Crippen LogP contribution >= 0.6 is 0 Å². The number of rotatable bonds is 4. The number of piperidine rings is 1. The average molecular weight is 235 g/mol. The molecule has 1 saturated heterocycles. The molecule has 0 bridgehead atoms. The molecule has 0 aromatic carbocycles. The van der Waals surface area contributed by atoms with Crippen molar-refractivity contribution in [3.63, 3.8) is 0 Å². The van der Waals surface area contributed by atoms with Crippen LogP contribution in [0, 0.1) is 0 Å². The molecule has 1 heterocycles. The Morgan fingerprint density at radius 1 is 1.25 bits per heavy atom. The largest absolute Gasteiger partial charge is 0.481 e. The van der Waals surface area contributed by atoms with Gasteiger partial charge in [-0.1, -0.05) is 0 Å². The van der Waals surface area contributed by atoms with Crippen molar-refractivity contribution in [2.45, 2.75) is 30.8 Å². The molecule has 0 spiro atoms. The van der Waals surface area contributed by atoms with Crippen molar-refractivity contribution >= 4 is 5.97 Å². The van der Waals surface area contributed by atoms with Crippen LogP contribution in [0.1, 0.15) is 6.42 Å². The number of carboxylic acid groups (broad SMARTS) is 1. The second-order valence-corrected chi connectivity index (χ2v) is 3.94. The maximum atomic E-state index is 10.4. The van der Waals surface area contributed by atoms with Gasteiger partial charge in [-0.25, -0.2) is 0 Å². The van der Waals surface area contributed by atoms with Gasteiger partial charge in [0.15, 0.2) is 0 Å². The molecule has 4 atom stereocenters. The number of aliphatic hydroxyl groups is 4. The third-order valence-corrected chi connectivity index (χ3v) is 2.83. The van der Waals surface area contributed by atoms with E-state index in [1.807, 2.05) is 0 Å². The number of nitrogens with zero attached hydrogens (tertiary/aromatic N) is 1. The van der Waals surface area contributed by atoms with Crippen LogP contribution in [0.2, 0.25) is 0 Å². The minimum absolute atomic E-state index is 0.0384. The minimum Gasteiger partial charge on any atom is -0.481 e. The lowest BCUT2D eigenvalue weighted by Gasteiger charge is -2.42. The molecule has 0 radical (unpaired) electrons. The third kappa shape index (κ3) is 2.89. The molecule has 0 aliphatic carbocycles. The van der Waals surface area contributed by atoms with Gasteiger partial charge in [-0.05, 0) is 0 Å². The number of β-amino-alcohol motifs (C(OH)–C–C–N with tert-alkyl or cyclic N) is 1. The van der Waals surface area contributed by atoms with E-state index in [1.54, 1.807) is 0 Å². The summed E-state index contributed by atoms with van der Waals surface area (Å²) in [6.45, 7) is -0.247. The second-order valence-electron chi connectivity index (χ2n) is 3.94. The number of carboxylic acids is 1. The number of hydrogen-bond acceptors (Lipinski definition) is 6. The van der Waals surface area contributed by atoms with Crippen LogP contribution in [0.15, 0.2) is 0 Å². The van der Waals surface area contributed by atoms with Gasteiger partial charge < -0.3 is 25.5 Å². The predicted octanol–water partition coefficient (Wildman–Crippen LogP) is -2.78. The zero-order valence-corrected chi connectivity index (χ0v) is 8.73. The summed E-state index contributed by atoms with van der Waals surface area (Å²) < 4.78 is 0. The second kappa shape index (κ2) is 5.55. The normalized spacial score (nSPS) is 36.2. The molecular formula is C9H17NO6. The zero-order valence-electron chi connectivity index (χ0n) is 8.73. The first-order valence-corrected chi connectivity index (χ1v) is 5.08. The van der Waals surface area contributed by atoms with Crippen molar-refractivity contribution in [2.75, 3.05) is 19.7 Å². The van der Waals surface area contributed by atoms with Crippen molar-refractivity contribution in [3.8, 4) is 0 Å². The molecule has 0 saturated carbocycles. The van der Waals surface area contributed by atoms with Crippen molar-refractivity contribution in [3.05, 3.63) is 0 Å². The maximum Gasteiger partial charge on any atom is 0.304 e. The maximum absolute atomic E-state index is 10.4. The quantitative estimate of drug-likeness (QED) is 0.357. The molecule has 0 aromatic rings. The first kappa shape index (κ1) is 13.3. The monoisotopic (exact) mass is 235 g/mol. The highest BCUT2D eigenvalue weighted by Gasteiger charge is 2.40. The standard InChI is InChI=1S/C9H17NO6/c11-4-5-8(15)9(16)6(12)3-10(5)2-1-7(13)14/h5-6,8-9,11-12,15-16H,1-4H2,(H,13,14)/t5-,6+,8-,9-/m1/s1. The molecule has 16 heavy (non-hydrogen) atoms. The number of aliphatic carboxylic acids is 1. The fraction of sp³-hybridized carbons (Fsp3) is 0.889. The molecule has 7 heteroatoms. The summed E-state index contributed by atoms with van der Waals surface area (Å²) in [5.74, 6) is -0.994. The highest BCUT2D eigenvalue weighted by molar-refractivity contribution is 5.66. The summed E-state index contributed by atoms with van der Waals surface area (Å²) in [6.07, 6.45) is -3.86. The molecule has 0 aromatic heterocycles. The summed E-state index contributed by atoms with van der Waals surface area (Å²) in [5.41, 5.74) is 0. The van der Waals surface area contributed by atoms with Crippen LogP contribution in [-0.2, 0) is 4.79 Å². The highest BCUT2D eigenvalue weighted by atomic mass is 16.4. The average Bonchev–Trinajstić information content (AvgIpc) is 2.23. The van der Waals surface area contributed by atoms with E-state index in [2.05, 4.69) is 0 Å². The summed E-state index contributed by atoms with van der Waals surface area (Å²) in [5, 5.41) is 46.0. The predicted molar refractivity (Wildman–Crippen MR) is 52.7 cm³/mol. The van der Waals surface area contributed by atoms with Gasteiger partial charge in [-0.15, -0.1) is 0 Å². The van der Waals surface area contributed by atoms with E-state index in [0.717, 1.165) is 0 Å². The summed E-state index contributed by atoms with van der Waals surface area (Å²) >= 11 is 0. The Hall–Kier alpha value is -0.730. The van der Waals surface area contributed by atoms with Crippen LogP contribution in [0.25, 0.3) is 0 Å². The van der Waals surface area contributed by atoms with E-state index in [0.29, 0.717) is 0 Å². The Kier molecular flexibility index (Phi) is 4.63. The lowest BCUT2D eigenvalue weighted by Crippen LogP contribution is -2.62. The number of aliphatic hydroxyl groups excluding tert-OH is 4. The van der Waals surface area contributed by atoms with E-state index < -0.39 is 36.9 Å². The fourth-order valence-corrected chi connectivity index (χ4v) is 1.87. The lowest BCUT2D eigenvalue weighted by molar-refractivity contribution is -0.150. The van der Waals surface area contributed by atoms with E-state index in [-0.39, 0.29) is 19.5 Å². The molecule has 7 nitrogen and oxygen atoms in total. The summed E-state index contributed by atoms with van der Waals surface area (Å²) in [7, 11) is 0. The first-order chi connectivity index (χ1) is 7.47. The molecule has 0 unspecified atom stereocenters. The smallest absolute Gasteiger partial charge is 0.304 e. The zero-order chi connectivity index (χ0) is 12.3. The van der Waals surface area contributed by atoms with Crippen molar-refractivity contribution in [1.82, 2.24) is 4.90 Å². The Labute approximate surface area is 92.5 Å². The lowest BCUT2D eigenvalue weighted by atomic mass is 9.94. The number of carbonyl (C=O) groups is 1. The molecule has 1 rings (SSSR count). The van der Waals surface area contributed by atoms with Crippen LogP contribution in [-0.4, -0.2) is 80.5 Å². The van der Waals surface area contributed by atoms with Crippen molar-refractivity contribution in [2.24, 2.45) is 0 Å². The summed E-state index contributed by atoms with van der Waals surface area (Å²) in [6, 6.07) is -0.738. The van der Waals surface area contributed by atoms with Crippen LogP contribution in [0.4, 0.5) is 0 Å². The van der Waals surface area contributed by atoms with E-state index in [4.69, 9.17) is 10.2 Å². The van der Waals surface area contributed by atoms with Gasteiger partial charge in [0.25, 0.3) is 0 Å². The SMILES string of the molecule is O=C(O)CCN1C[C@H](O)[C@@H](O)[C@H](O)[C@H]1CO. The molecule has 0 amide bonds. The number of likely N-dealkylation sites (tertiary alicyclic amines) is 1. The topological polar surface area (TPSA) is 121 Å². The Morgan fingerprint density at radius 2 is 1.88 bits per heavy atom. The Morgan fingerprint density at radius 3 is 2.38 bits per heavy atom. The van der Waals surface area contributed by atoms with Gasteiger partial charge in [0, 0.05) is 13.1 Å². The third-order valence-electron chi connectivity index (χ3n) is 2.83. The van der Waals surface area contributed by atoms with Gasteiger partial charge >= 0.3 is 5.97 Å². The molecule has 1 aliphatic heterocycles. The van der Waals surface area contributed by atoms with Crippen LogP contribution in [0.3, 0.4) is 0 Å². The molecule has 1 aliphatic rings. The van der Waals surface area contributed by atoms with Gasteiger partial charge in [0.1, 0.15) is 12.2 Å². The molecular weight excluding hydrogens is 218 g/mol. The van der Waals surface area contributed by atoms with Crippen molar-refractivity contribution < 1.29 is 30.3 Å². The van der Waals surface area contributed by atoms with Gasteiger partial charge in [0.2, 0.25) is 0 Å². The Bertz CT molecular complexity index is 248. The van der Waals surface area contributed by atoms with Gasteiger partial charge in [-0.2, -0.15) is 0 Å². The van der Waals surface area contributed by atoms with Crippen molar-refractivity contribution in [1.29, 1.82) is 0 Å². The fourth-order valence-electron chi connectivity index (χ4n) is 1.87. The summed E-state index contributed by atoms with van der Waals surface area (Å²) in [4.78, 5) is 11.9. The molecule has 5 N–H and O–H groups in total. The first-order valence-electron chi connectivity index (χ1n) is 5.08. The van der Waals surface area contributed by atoms with Gasteiger partial charge in [0.05, 0.1) is 25.2 Å². The minimum atomic E-state index is -1.31.